The lowest BCUT2D eigenvalue weighted by atomic mass is 9.83. The summed E-state index contributed by atoms with van der Waals surface area (Å²) in [5.74, 6) is -0.427. The van der Waals surface area contributed by atoms with E-state index >= 15 is 0 Å². The predicted octanol–water partition coefficient (Wildman–Crippen LogP) is 3.07. The van der Waals surface area contributed by atoms with Gasteiger partial charge >= 0.3 is 0 Å². The summed E-state index contributed by atoms with van der Waals surface area (Å²) in [5, 5.41) is 0. The summed E-state index contributed by atoms with van der Waals surface area (Å²) in [5.41, 5.74) is 6.22. The Bertz CT molecular complexity index is 426. The van der Waals surface area contributed by atoms with E-state index in [0.29, 0.717) is 5.56 Å². The van der Waals surface area contributed by atoms with Crippen LogP contribution in [0.3, 0.4) is 0 Å². The summed E-state index contributed by atoms with van der Waals surface area (Å²) in [6.45, 7) is 5.74. The minimum atomic E-state index is -0.544. The molecule has 1 aromatic rings. The number of rotatable bonds is 3. The lowest BCUT2D eigenvalue weighted by Crippen LogP contribution is -2.43. The van der Waals surface area contributed by atoms with Crippen LogP contribution in [0.25, 0.3) is 0 Å². The van der Waals surface area contributed by atoms with Crippen molar-refractivity contribution in [2.24, 2.45) is 11.1 Å². The van der Waals surface area contributed by atoms with Gasteiger partial charge in [-0.25, -0.2) is 4.39 Å². The van der Waals surface area contributed by atoms with Crippen LogP contribution in [0.1, 0.15) is 26.3 Å². The van der Waals surface area contributed by atoms with Gasteiger partial charge in [-0.3, -0.25) is 4.79 Å². The number of hydrogen-bond acceptors (Lipinski definition) is 2. The fraction of sp³-hybridized carbons (Fsp3) is 0.462. The van der Waals surface area contributed by atoms with Crippen molar-refractivity contribution in [2.45, 2.75) is 33.2 Å². The fourth-order valence-electron chi connectivity index (χ4n) is 1.46. The molecule has 0 aliphatic heterocycles. The zero-order valence-electron chi connectivity index (χ0n) is 10.3. The number of benzene rings is 1. The highest BCUT2D eigenvalue weighted by Gasteiger charge is 2.27. The Kier molecular flexibility index (Phi) is 4.44. The summed E-state index contributed by atoms with van der Waals surface area (Å²) in [6, 6.07) is 3.76. The zero-order valence-corrected chi connectivity index (χ0v) is 11.8. The van der Waals surface area contributed by atoms with Gasteiger partial charge in [-0.1, -0.05) is 36.7 Å². The summed E-state index contributed by atoms with van der Waals surface area (Å²) in [6.07, 6.45) is 0.150. The molecule has 0 bridgehead atoms. The first kappa shape index (κ1) is 14.3. The van der Waals surface area contributed by atoms with Gasteiger partial charge in [-0.2, -0.15) is 0 Å². The molecule has 1 aromatic carbocycles. The average Bonchev–Trinajstić information content (AvgIpc) is 2.21. The molecule has 0 aliphatic rings. The second-order valence-corrected chi connectivity index (χ2v) is 6.08. The van der Waals surface area contributed by atoms with Crippen LogP contribution < -0.4 is 5.73 Å². The lowest BCUT2D eigenvalue weighted by molar-refractivity contribution is -0.121. The zero-order chi connectivity index (χ0) is 13.2. The molecule has 0 spiro atoms. The number of Topliss-reactive ketones (excluding diaryl/α,β-unsaturated/α-hetero) is 1. The van der Waals surface area contributed by atoms with Crippen LogP contribution in [0, 0.1) is 11.2 Å². The van der Waals surface area contributed by atoms with E-state index in [9.17, 15) is 9.18 Å². The molecule has 0 aliphatic carbocycles. The topological polar surface area (TPSA) is 43.1 Å². The standard InChI is InChI=1S/C13H17BrFNO/c1-13(2,3)12(16)11(17)7-8-6-9(15)4-5-10(8)14/h4-6,12H,7,16H2,1-3H3. The molecule has 0 saturated heterocycles. The third-order valence-corrected chi connectivity index (χ3v) is 3.43. The van der Waals surface area contributed by atoms with Crippen molar-refractivity contribution in [1.29, 1.82) is 0 Å². The number of ketones is 1. The van der Waals surface area contributed by atoms with Crippen LogP contribution in [-0.2, 0) is 11.2 Å². The van der Waals surface area contributed by atoms with Gasteiger partial charge in [0.05, 0.1) is 6.04 Å². The van der Waals surface area contributed by atoms with Gasteiger partial charge in [0, 0.05) is 10.9 Å². The highest BCUT2D eigenvalue weighted by molar-refractivity contribution is 9.10. The van der Waals surface area contributed by atoms with Crippen LogP contribution in [0.4, 0.5) is 4.39 Å². The van der Waals surface area contributed by atoms with Gasteiger partial charge in [0.15, 0.2) is 5.78 Å². The van der Waals surface area contributed by atoms with Gasteiger partial charge in [0.1, 0.15) is 5.82 Å². The van der Waals surface area contributed by atoms with Crippen molar-refractivity contribution in [3.05, 3.63) is 34.1 Å². The minimum Gasteiger partial charge on any atom is -0.321 e. The van der Waals surface area contributed by atoms with E-state index in [2.05, 4.69) is 15.9 Å². The number of nitrogens with two attached hydrogens (primary N) is 1. The monoisotopic (exact) mass is 301 g/mol. The number of carbonyl (C=O) groups is 1. The minimum absolute atomic E-state index is 0.0798. The summed E-state index contributed by atoms with van der Waals surface area (Å²) in [7, 11) is 0. The molecule has 2 N–H and O–H groups in total. The molecule has 4 heteroatoms. The third kappa shape index (κ3) is 3.89. The van der Waals surface area contributed by atoms with Crippen LogP contribution in [-0.4, -0.2) is 11.8 Å². The van der Waals surface area contributed by atoms with Crippen LogP contribution in [0.15, 0.2) is 22.7 Å². The molecular weight excluding hydrogens is 285 g/mol. The summed E-state index contributed by atoms with van der Waals surface area (Å²) < 4.78 is 13.8. The van der Waals surface area contributed by atoms with E-state index in [1.54, 1.807) is 6.07 Å². The highest BCUT2D eigenvalue weighted by atomic mass is 79.9. The second kappa shape index (κ2) is 5.27. The molecule has 1 atom stereocenters. The lowest BCUT2D eigenvalue weighted by Gasteiger charge is -2.25. The number of hydrogen-bond donors (Lipinski definition) is 1. The number of halogens is 2. The molecule has 0 aromatic heterocycles. The molecule has 17 heavy (non-hydrogen) atoms. The van der Waals surface area contributed by atoms with Crippen molar-refractivity contribution >= 4 is 21.7 Å². The Hall–Kier alpha value is -0.740. The Morgan fingerprint density at radius 1 is 1.47 bits per heavy atom. The van der Waals surface area contributed by atoms with Gasteiger partial charge in [-0.05, 0) is 29.2 Å². The molecule has 0 amide bonds. The quantitative estimate of drug-likeness (QED) is 0.932. The van der Waals surface area contributed by atoms with E-state index < -0.39 is 6.04 Å². The maximum atomic E-state index is 13.1. The molecule has 0 heterocycles. The molecule has 1 unspecified atom stereocenters. The van der Waals surface area contributed by atoms with Crippen LogP contribution in [0.5, 0.6) is 0 Å². The Labute approximate surface area is 110 Å². The Morgan fingerprint density at radius 2 is 2.06 bits per heavy atom. The van der Waals surface area contributed by atoms with E-state index in [-0.39, 0.29) is 23.4 Å². The van der Waals surface area contributed by atoms with Crippen molar-refractivity contribution in [2.75, 3.05) is 0 Å². The molecule has 0 fully saturated rings. The van der Waals surface area contributed by atoms with Gasteiger partial charge in [-0.15, -0.1) is 0 Å². The van der Waals surface area contributed by atoms with Crippen molar-refractivity contribution in [1.82, 2.24) is 0 Å². The fourth-order valence-corrected chi connectivity index (χ4v) is 1.85. The van der Waals surface area contributed by atoms with Crippen molar-refractivity contribution in [3.8, 4) is 0 Å². The first-order valence-electron chi connectivity index (χ1n) is 5.44. The van der Waals surface area contributed by atoms with Crippen LogP contribution in [0.2, 0.25) is 0 Å². The maximum absolute atomic E-state index is 13.1. The van der Waals surface area contributed by atoms with Crippen molar-refractivity contribution < 1.29 is 9.18 Å². The van der Waals surface area contributed by atoms with Gasteiger partial charge in [0.2, 0.25) is 0 Å². The van der Waals surface area contributed by atoms with E-state index in [0.717, 1.165) is 4.47 Å². The predicted molar refractivity (Wildman–Crippen MR) is 70.2 cm³/mol. The SMILES string of the molecule is CC(C)(C)C(N)C(=O)Cc1cc(F)ccc1Br. The average molecular weight is 302 g/mol. The third-order valence-electron chi connectivity index (χ3n) is 2.65. The van der Waals surface area contributed by atoms with Gasteiger partial charge in [0.25, 0.3) is 0 Å². The Morgan fingerprint density at radius 3 is 2.59 bits per heavy atom. The molecular formula is C13H17BrFNO. The molecule has 0 radical (unpaired) electrons. The molecule has 94 valence electrons. The Balaban J connectivity index is 2.85. The highest BCUT2D eigenvalue weighted by Crippen LogP contribution is 2.22. The number of carbonyl (C=O) groups excluding carboxylic acids is 1. The summed E-state index contributed by atoms with van der Waals surface area (Å²) >= 11 is 3.30. The van der Waals surface area contributed by atoms with Crippen molar-refractivity contribution in [3.63, 3.8) is 0 Å². The molecule has 1 rings (SSSR count). The van der Waals surface area contributed by atoms with Crippen LogP contribution >= 0.6 is 15.9 Å². The first-order chi connectivity index (χ1) is 7.71. The molecule has 0 saturated carbocycles. The van der Waals surface area contributed by atoms with E-state index in [1.807, 2.05) is 20.8 Å². The smallest absolute Gasteiger partial charge is 0.154 e. The normalized spacial score (nSPS) is 13.5. The molecule has 2 nitrogen and oxygen atoms in total. The first-order valence-corrected chi connectivity index (χ1v) is 6.23. The van der Waals surface area contributed by atoms with E-state index in [4.69, 9.17) is 5.73 Å². The second-order valence-electron chi connectivity index (χ2n) is 5.22. The maximum Gasteiger partial charge on any atom is 0.154 e. The summed E-state index contributed by atoms with van der Waals surface area (Å²) in [4.78, 5) is 12.0. The largest absolute Gasteiger partial charge is 0.321 e. The van der Waals surface area contributed by atoms with E-state index in [1.165, 1.54) is 12.1 Å². The van der Waals surface area contributed by atoms with Gasteiger partial charge < -0.3 is 5.73 Å².